The number of hydrogen-bond donors (Lipinski definition) is 1. The number of halogens is 1. The molecular formula is C12H14ClN3O4S2. The van der Waals surface area contributed by atoms with Crippen molar-refractivity contribution in [3.63, 3.8) is 0 Å². The Kier molecular flexibility index (Phi) is 7.04. The Balaban J connectivity index is 0.000000346. The molecule has 2 aromatic rings. The first-order valence-electron chi connectivity index (χ1n) is 5.77. The standard InChI is InChI=1S/C11H10ClN3S.CH4O4S/c1-16-11-10(12)9(13)7-14-15(11)8-5-3-2-4-6-8;1-5-6(2,3)4/h2-7,13H,1H3;1H3,(H,2,3,4). The highest BCUT2D eigenvalue weighted by molar-refractivity contribution is 7.98. The maximum Gasteiger partial charge on any atom is 0.293 e. The van der Waals surface area contributed by atoms with E-state index < -0.39 is 10.4 Å². The first kappa shape index (κ1) is 18.7. The maximum absolute atomic E-state index is 9.22. The van der Waals surface area contributed by atoms with Crippen molar-refractivity contribution in [2.75, 3.05) is 19.1 Å². The molecule has 0 saturated heterocycles. The molecule has 22 heavy (non-hydrogen) atoms. The molecule has 7 nitrogen and oxygen atoms in total. The van der Waals surface area contributed by atoms with E-state index in [1.54, 1.807) is 10.9 Å². The molecule has 10 heteroatoms. The summed E-state index contributed by atoms with van der Waals surface area (Å²) in [4.78, 5) is 0. The average Bonchev–Trinajstić information content (AvgIpc) is 2.50. The minimum Gasteiger partial charge on any atom is -0.726 e. The van der Waals surface area contributed by atoms with Gasteiger partial charge in [-0.2, -0.15) is 0 Å². The van der Waals surface area contributed by atoms with Crippen LogP contribution in [0.5, 0.6) is 0 Å². The molecular weight excluding hydrogens is 350 g/mol. The van der Waals surface area contributed by atoms with Gasteiger partial charge in [0.25, 0.3) is 5.03 Å². The number of anilines is 1. The molecule has 0 atom stereocenters. The lowest BCUT2D eigenvalue weighted by Crippen LogP contribution is -2.38. The number of benzene rings is 1. The van der Waals surface area contributed by atoms with Gasteiger partial charge in [0, 0.05) is 17.2 Å². The minimum absolute atomic E-state index is 0.498. The molecule has 0 aliphatic rings. The van der Waals surface area contributed by atoms with Crippen molar-refractivity contribution in [3.05, 3.63) is 41.6 Å². The van der Waals surface area contributed by atoms with Gasteiger partial charge in [0.05, 0.1) is 12.8 Å². The van der Waals surface area contributed by atoms with Crippen LogP contribution in [-0.2, 0) is 14.6 Å². The number of nitrogen functional groups attached to an aromatic ring is 1. The summed E-state index contributed by atoms with van der Waals surface area (Å²) in [7, 11) is -3.60. The molecule has 0 radical (unpaired) electrons. The third-order valence-electron chi connectivity index (χ3n) is 2.34. The van der Waals surface area contributed by atoms with Gasteiger partial charge in [-0.25, -0.2) is 8.42 Å². The van der Waals surface area contributed by atoms with Gasteiger partial charge in [-0.1, -0.05) is 41.6 Å². The monoisotopic (exact) mass is 363 g/mol. The van der Waals surface area contributed by atoms with Crippen LogP contribution in [0.15, 0.2) is 41.6 Å². The summed E-state index contributed by atoms with van der Waals surface area (Å²) in [6.45, 7) is 0. The SMILES string of the molecule is COS(=O)(=O)[O-].CSc1c(Cl)c(N)cn[n+]1-c1ccccc1. The fraction of sp³-hybridized carbons (Fsp3) is 0.167. The summed E-state index contributed by atoms with van der Waals surface area (Å²) >= 11 is 7.66. The Hall–Kier alpha value is -1.39. The lowest BCUT2D eigenvalue weighted by Gasteiger charge is -2.01. The molecule has 0 spiro atoms. The van der Waals surface area contributed by atoms with E-state index in [1.165, 1.54) is 11.8 Å². The van der Waals surface area contributed by atoms with Gasteiger partial charge < -0.3 is 10.3 Å². The van der Waals surface area contributed by atoms with Gasteiger partial charge in [-0.05, 0) is 10.9 Å². The molecule has 2 rings (SSSR count). The highest BCUT2D eigenvalue weighted by atomic mass is 35.5. The molecule has 0 aliphatic heterocycles. The van der Waals surface area contributed by atoms with Gasteiger partial charge in [-0.15, -0.1) is 0 Å². The van der Waals surface area contributed by atoms with E-state index in [-0.39, 0.29) is 0 Å². The van der Waals surface area contributed by atoms with Crippen LogP contribution in [0.2, 0.25) is 5.02 Å². The van der Waals surface area contributed by atoms with Crippen molar-refractivity contribution >= 4 is 39.4 Å². The van der Waals surface area contributed by atoms with Crippen LogP contribution >= 0.6 is 23.4 Å². The lowest BCUT2D eigenvalue weighted by molar-refractivity contribution is -0.697. The van der Waals surface area contributed by atoms with Crippen molar-refractivity contribution in [2.45, 2.75) is 5.03 Å². The number of hydrogen-bond acceptors (Lipinski definition) is 7. The highest BCUT2D eigenvalue weighted by Gasteiger charge is 2.20. The largest absolute Gasteiger partial charge is 0.726 e. The van der Waals surface area contributed by atoms with E-state index in [0.717, 1.165) is 17.8 Å². The molecule has 0 amide bonds. The lowest BCUT2D eigenvalue weighted by atomic mass is 10.3. The van der Waals surface area contributed by atoms with Crippen LogP contribution in [0.1, 0.15) is 0 Å². The first-order valence-corrected chi connectivity index (χ1v) is 8.71. The normalized spacial score (nSPS) is 10.7. The molecule has 0 aliphatic carbocycles. The molecule has 0 fully saturated rings. The number of rotatable bonds is 3. The van der Waals surface area contributed by atoms with Crippen LogP contribution in [-0.4, -0.2) is 31.4 Å². The van der Waals surface area contributed by atoms with Crippen LogP contribution in [0, 0.1) is 0 Å². The first-order chi connectivity index (χ1) is 10.3. The second kappa shape index (κ2) is 8.30. The third kappa shape index (κ3) is 5.43. The number of para-hydroxylation sites is 1. The number of thioether (sulfide) groups is 1. The number of nitrogens with zero attached hydrogens (tertiary/aromatic N) is 2. The summed E-state index contributed by atoms with van der Waals surface area (Å²) < 4.78 is 32.8. The molecule has 0 saturated carbocycles. The van der Waals surface area contributed by atoms with Crippen molar-refractivity contribution in [1.82, 2.24) is 5.10 Å². The van der Waals surface area contributed by atoms with E-state index in [2.05, 4.69) is 9.28 Å². The summed E-state index contributed by atoms with van der Waals surface area (Å²) in [6.07, 6.45) is 3.51. The van der Waals surface area contributed by atoms with E-state index in [4.69, 9.17) is 17.3 Å². The molecule has 1 aromatic carbocycles. The average molecular weight is 364 g/mol. The predicted molar refractivity (Wildman–Crippen MR) is 83.7 cm³/mol. The Labute approximate surface area is 138 Å². The van der Waals surface area contributed by atoms with Crippen LogP contribution in [0.25, 0.3) is 5.69 Å². The van der Waals surface area contributed by atoms with Crippen LogP contribution < -0.4 is 10.4 Å². The number of aromatic nitrogens is 2. The fourth-order valence-electron chi connectivity index (χ4n) is 1.37. The molecule has 120 valence electrons. The van der Waals surface area contributed by atoms with Gasteiger partial charge >= 0.3 is 0 Å². The second-order valence-corrected chi connectivity index (χ2v) is 6.07. The summed E-state index contributed by atoms with van der Waals surface area (Å²) in [5, 5.41) is 5.65. The Morgan fingerprint density at radius 2 is 1.91 bits per heavy atom. The molecule has 1 aromatic heterocycles. The summed E-state index contributed by atoms with van der Waals surface area (Å²) in [6, 6.07) is 9.82. The van der Waals surface area contributed by atoms with Gasteiger partial charge in [0.2, 0.25) is 16.1 Å². The van der Waals surface area contributed by atoms with Crippen molar-refractivity contribution in [3.8, 4) is 5.69 Å². The van der Waals surface area contributed by atoms with Gasteiger partial charge in [-0.3, -0.25) is 4.18 Å². The maximum atomic E-state index is 9.22. The summed E-state index contributed by atoms with van der Waals surface area (Å²) in [5.74, 6) is 0. The highest BCUT2D eigenvalue weighted by Crippen LogP contribution is 2.26. The Bertz CT molecular complexity index is 727. The molecule has 2 N–H and O–H groups in total. The van der Waals surface area contributed by atoms with Crippen molar-refractivity contribution in [2.24, 2.45) is 0 Å². The van der Waals surface area contributed by atoms with Crippen molar-refractivity contribution < 1.29 is 21.8 Å². The molecule has 0 unspecified atom stereocenters. The van der Waals surface area contributed by atoms with E-state index in [9.17, 15) is 13.0 Å². The number of nitrogens with two attached hydrogens (primary N) is 1. The summed E-state index contributed by atoms with van der Waals surface area (Å²) in [5.41, 5.74) is 7.19. The van der Waals surface area contributed by atoms with E-state index in [1.807, 2.05) is 36.6 Å². The predicted octanol–water partition coefficient (Wildman–Crippen LogP) is 1.41. The van der Waals surface area contributed by atoms with Gasteiger partial charge in [0.15, 0.2) is 0 Å². The van der Waals surface area contributed by atoms with Crippen molar-refractivity contribution in [1.29, 1.82) is 0 Å². The van der Waals surface area contributed by atoms with E-state index >= 15 is 0 Å². The zero-order valence-electron chi connectivity index (χ0n) is 11.8. The van der Waals surface area contributed by atoms with E-state index in [0.29, 0.717) is 10.7 Å². The fourth-order valence-corrected chi connectivity index (χ4v) is 2.36. The zero-order chi connectivity index (χ0) is 16.8. The zero-order valence-corrected chi connectivity index (χ0v) is 14.2. The Morgan fingerprint density at radius 1 is 1.36 bits per heavy atom. The van der Waals surface area contributed by atoms with Crippen LogP contribution in [0.4, 0.5) is 5.69 Å². The second-order valence-electron chi connectivity index (χ2n) is 3.75. The van der Waals surface area contributed by atoms with Gasteiger partial charge in [0.1, 0.15) is 11.2 Å². The smallest absolute Gasteiger partial charge is 0.293 e. The molecule has 0 bridgehead atoms. The minimum atomic E-state index is -4.41. The Morgan fingerprint density at radius 3 is 2.36 bits per heavy atom. The topological polar surface area (TPSA) is 109 Å². The third-order valence-corrected chi connectivity index (χ3v) is 4.03. The molecule has 1 heterocycles. The van der Waals surface area contributed by atoms with Crippen LogP contribution in [0.3, 0.4) is 0 Å². The quantitative estimate of drug-likeness (QED) is 0.380.